The Morgan fingerprint density at radius 2 is 1.69 bits per heavy atom. The van der Waals surface area contributed by atoms with Crippen LogP contribution in [0.2, 0.25) is 0 Å². The number of rotatable bonds is 6. The highest BCUT2D eigenvalue weighted by atomic mass is 32.1. The molecule has 0 unspecified atom stereocenters. The molecule has 3 aromatic rings. The number of hydrogen-bond acceptors (Lipinski definition) is 8. The molecule has 5 rings (SSSR count). The maximum atomic E-state index is 6.54. The number of benzene rings is 2. The van der Waals surface area contributed by atoms with Crippen LogP contribution in [0.5, 0.6) is 28.7 Å². The third kappa shape index (κ3) is 3.22. The van der Waals surface area contributed by atoms with Gasteiger partial charge in [0.1, 0.15) is 0 Å². The standard InChI is InChI=1S/C24H24N2O5S/c1-27-18-8-5-7-15-17-13-16(21-9-6-10-32-21)25-26(17)24(31-22(15)18)14-11-19(28-2)23(30-4)20(12-14)29-3/h5-12,17,24H,13H2,1-4H3/t17-,24+/m1/s1. The quantitative estimate of drug-likeness (QED) is 0.523. The minimum atomic E-state index is -0.491. The van der Waals surface area contributed by atoms with E-state index in [4.69, 9.17) is 28.8 Å². The lowest BCUT2D eigenvalue weighted by molar-refractivity contribution is -0.0211. The van der Waals surface area contributed by atoms with Gasteiger partial charge in [0.15, 0.2) is 23.0 Å². The lowest BCUT2D eigenvalue weighted by Gasteiger charge is -2.38. The van der Waals surface area contributed by atoms with Crippen molar-refractivity contribution in [2.24, 2.45) is 5.10 Å². The second-order valence-corrected chi connectivity index (χ2v) is 8.38. The Morgan fingerprint density at radius 3 is 2.31 bits per heavy atom. The Labute approximate surface area is 190 Å². The summed E-state index contributed by atoms with van der Waals surface area (Å²) in [6.07, 6.45) is 0.292. The summed E-state index contributed by atoms with van der Waals surface area (Å²) in [5, 5.41) is 9.09. The first kappa shape index (κ1) is 20.5. The van der Waals surface area contributed by atoms with E-state index in [0.29, 0.717) is 23.0 Å². The molecule has 0 amide bonds. The number of nitrogens with zero attached hydrogens (tertiary/aromatic N) is 2. The van der Waals surface area contributed by atoms with Gasteiger partial charge in [0, 0.05) is 17.5 Å². The zero-order valence-corrected chi connectivity index (χ0v) is 19.1. The van der Waals surface area contributed by atoms with Crippen molar-refractivity contribution in [1.29, 1.82) is 0 Å². The molecule has 166 valence electrons. The molecule has 7 nitrogen and oxygen atoms in total. The monoisotopic (exact) mass is 452 g/mol. The van der Waals surface area contributed by atoms with Crippen molar-refractivity contribution in [1.82, 2.24) is 5.01 Å². The van der Waals surface area contributed by atoms with E-state index < -0.39 is 6.23 Å². The lowest BCUT2D eigenvalue weighted by Crippen LogP contribution is -2.34. The van der Waals surface area contributed by atoms with Crippen molar-refractivity contribution in [2.75, 3.05) is 28.4 Å². The van der Waals surface area contributed by atoms with Crippen LogP contribution in [0.4, 0.5) is 0 Å². The smallest absolute Gasteiger partial charge is 0.214 e. The summed E-state index contributed by atoms with van der Waals surface area (Å²) < 4.78 is 28.8. The molecule has 0 saturated heterocycles. The van der Waals surface area contributed by atoms with Gasteiger partial charge in [-0.3, -0.25) is 0 Å². The van der Waals surface area contributed by atoms with Gasteiger partial charge in [-0.1, -0.05) is 18.2 Å². The third-order valence-corrected chi connectivity index (χ3v) is 6.70. The van der Waals surface area contributed by atoms with Crippen LogP contribution in [0.3, 0.4) is 0 Å². The van der Waals surface area contributed by atoms with Crippen LogP contribution < -0.4 is 23.7 Å². The minimum Gasteiger partial charge on any atom is -0.493 e. The van der Waals surface area contributed by atoms with Gasteiger partial charge in [-0.05, 0) is 29.6 Å². The molecule has 2 aliphatic rings. The maximum Gasteiger partial charge on any atom is 0.214 e. The summed E-state index contributed by atoms with van der Waals surface area (Å²) in [7, 11) is 6.45. The molecule has 0 fully saturated rings. The van der Waals surface area contributed by atoms with Crippen molar-refractivity contribution >= 4 is 17.0 Å². The highest BCUT2D eigenvalue weighted by Crippen LogP contribution is 2.52. The van der Waals surface area contributed by atoms with Crippen LogP contribution in [-0.4, -0.2) is 39.2 Å². The zero-order valence-electron chi connectivity index (χ0n) is 18.3. The molecular formula is C24H24N2O5S. The Balaban J connectivity index is 1.66. The minimum absolute atomic E-state index is 0.0232. The molecule has 2 aliphatic heterocycles. The second-order valence-electron chi connectivity index (χ2n) is 7.43. The molecule has 0 bridgehead atoms. The van der Waals surface area contributed by atoms with Gasteiger partial charge < -0.3 is 23.7 Å². The number of para-hydroxylation sites is 1. The van der Waals surface area contributed by atoms with Gasteiger partial charge in [-0.15, -0.1) is 11.3 Å². The average Bonchev–Trinajstić information content (AvgIpc) is 3.52. The molecule has 3 heterocycles. The van der Waals surface area contributed by atoms with Crippen LogP contribution in [0.15, 0.2) is 52.9 Å². The Hall–Kier alpha value is -3.39. The molecule has 0 saturated carbocycles. The van der Waals surface area contributed by atoms with Gasteiger partial charge in [-0.25, -0.2) is 5.01 Å². The Bertz CT molecular complexity index is 1140. The van der Waals surface area contributed by atoms with Gasteiger partial charge in [-0.2, -0.15) is 5.10 Å². The predicted octanol–water partition coefficient (Wildman–Crippen LogP) is 5.02. The van der Waals surface area contributed by atoms with Gasteiger partial charge >= 0.3 is 0 Å². The topological polar surface area (TPSA) is 61.8 Å². The largest absolute Gasteiger partial charge is 0.493 e. The summed E-state index contributed by atoms with van der Waals surface area (Å²) in [5.74, 6) is 3.10. The normalized spacial score (nSPS) is 18.9. The number of hydrazone groups is 1. The molecule has 2 aromatic carbocycles. The van der Waals surface area contributed by atoms with Gasteiger partial charge in [0.2, 0.25) is 12.0 Å². The fraction of sp³-hybridized carbons (Fsp3) is 0.292. The molecule has 0 radical (unpaired) electrons. The van der Waals surface area contributed by atoms with Gasteiger partial charge in [0.05, 0.1) is 45.1 Å². The molecule has 8 heteroatoms. The van der Waals surface area contributed by atoms with E-state index in [2.05, 4.69) is 17.5 Å². The Morgan fingerprint density at radius 1 is 0.938 bits per heavy atom. The molecule has 0 N–H and O–H groups in total. The molecule has 2 atom stereocenters. The predicted molar refractivity (Wildman–Crippen MR) is 123 cm³/mol. The fourth-order valence-electron chi connectivity index (χ4n) is 4.30. The number of fused-ring (bicyclic) bond motifs is 3. The second kappa shape index (κ2) is 8.27. The van der Waals surface area contributed by atoms with Crippen LogP contribution in [-0.2, 0) is 0 Å². The molecular weight excluding hydrogens is 428 g/mol. The number of methoxy groups -OCH3 is 4. The average molecular weight is 453 g/mol. The molecule has 0 spiro atoms. The maximum absolute atomic E-state index is 6.54. The Kier molecular flexibility index (Phi) is 5.30. The van der Waals surface area contributed by atoms with Gasteiger partial charge in [0.25, 0.3) is 0 Å². The molecule has 32 heavy (non-hydrogen) atoms. The fourth-order valence-corrected chi connectivity index (χ4v) is 5.02. The summed E-state index contributed by atoms with van der Waals surface area (Å²) in [6.45, 7) is 0. The lowest BCUT2D eigenvalue weighted by atomic mass is 9.97. The number of hydrogen-bond donors (Lipinski definition) is 0. The SMILES string of the molecule is COc1cc([C@@H]2Oc3c(OC)cccc3[C@H]3CC(c4cccs4)=NN32)cc(OC)c1OC. The first-order valence-corrected chi connectivity index (χ1v) is 11.1. The van der Waals surface area contributed by atoms with Crippen molar-refractivity contribution in [3.8, 4) is 28.7 Å². The van der Waals surface area contributed by atoms with E-state index in [1.54, 1.807) is 39.8 Å². The van der Waals surface area contributed by atoms with Crippen molar-refractivity contribution < 1.29 is 23.7 Å². The highest BCUT2D eigenvalue weighted by Gasteiger charge is 2.42. The first-order chi connectivity index (χ1) is 15.7. The number of ether oxygens (including phenoxy) is 5. The van der Waals surface area contributed by atoms with E-state index in [-0.39, 0.29) is 6.04 Å². The third-order valence-electron chi connectivity index (χ3n) is 5.78. The van der Waals surface area contributed by atoms with Crippen molar-refractivity contribution in [3.05, 3.63) is 63.8 Å². The summed E-state index contributed by atoms with van der Waals surface area (Å²) in [4.78, 5) is 1.16. The highest BCUT2D eigenvalue weighted by molar-refractivity contribution is 7.12. The van der Waals surface area contributed by atoms with E-state index in [1.807, 2.05) is 35.3 Å². The summed E-state index contributed by atoms with van der Waals surface area (Å²) in [5.41, 5.74) is 2.95. The summed E-state index contributed by atoms with van der Waals surface area (Å²) in [6, 6.07) is 14.0. The van der Waals surface area contributed by atoms with E-state index in [9.17, 15) is 0 Å². The number of thiophene rings is 1. The van der Waals surface area contributed by atoms with E-state index in [0.717, 1.165) is 33.9 Å². The molecule has 1 aromatic heterocycles. The van der Waals surface area contributed by atoms with Crippen LogP contribution in [0.1, 0.15) is 34.7 Å². The first-order valence-electron chi connectivity index (χ1n) is 10.2. The van der Waals surface area contributed by atoms with E-state index in [1.165, 1.54) is 0 Å². The van der Waals surface area contributed by atoms with E-state index >= 15 is 0 Å². The van der Waals surface area contributed by atoms with Crippen LogP contribution >= 0.6 is 11.3 Å². The van der Waals surface area contributed by atoms with Crippen molar-refractivity contribution in [3.63, 3.8) is 0 Å². The zero-order chi connectivity index (χ0) is 22.2. The summed E-state index contributed by atoms with van der Waals surface area (Å²) >= 11 is 1.69. The van der Waals surface area contributed by atoms with Crippen molar-refractivity contribution in [2.45, 2.75) is 18.7 Å². The van der Waals surface area contributed by atoms with Crippen LogP contribution in [0, 0.1) is 0 Å². The molecule has 0 aliphatic carbocycles. The van der Waals surface area contributed by atoms with Crippen LogP contribution in [0.25, 0.3) is 0 Å².